The molecule has 4 rings (SSSR count). The van der Waals surface area contributed by atoms with Crippen LogP contribution in [-0.2, 0) is 0 Å². The zero-order valence-corrected chi connectivity index (χ0v) is 20.4. The summed E-state index contributed by atoms with van der Waals surface area (Å²) in [5.74, 6) is 6.11. The van der Waals surface area contributed by atoms with Crippen LogP contribution in [0, 0.1) is 52.3 Å². The zero-order valence-electron chi connectivity index (χ0n) is 20.4. The second-order valence-electron chi connectivity index (χ2n) is 12.6. The van der Waals surface area contributed by atoms with Crippen molar-refractivity contribution in [2.45, 2.75) is 106 Å². The van der Waals surface area contributed by atoms with Gasteiger partial charge < -0.3 is 0 Å². The molecule has 0 aromatic carbocycles. The summed E-state index contributed by atoms with van der Waals surface area (Å²) in [6.45, 7) is 19.5. The molecule has 0 heterocycles. The van der Waals surface area contributed by atoms with E-state index in [1.807, 2.05) is 5.57 Å². The molecule has 0 nitrogen and oxygen atoms in total. The molecular weight excluding hydrogens is 348 g/mol. The van der Waals surface area contributed by atoms with Crippen LogP contribution in [0.3, 0.4) is 0 Å². The SMILES string of the molecule is C=C(CCC(C)C1CCC2C3CC=C4C(CCC[C@@H]4C)[C@]3(C)CC[C@]12C)C(C)C. The van der Waals surface area contributed by atoms with Gasteiger partial charge in [0, 0.05) is 0 Å². The van der Waals surface area contributed by atoms with E-state index in [0.717, 1.165) is 35.5 Å². The van der Waals surface area contributed by atoms with Crippen molar-refractivity contribution in [3.63, 3.8) is 0 Å². The van der Waals surface area contributed by atoms with Gasteiger partial charge in [0.15, 0.2) is 0 Å². The molecule has 0 amide bonds. The Hall–Kier alpha value is -0.520. The fraction of sp³-hybridized carbons (Fsp3) is 0.862. The minimum absolute atomic E-state index is 0.590. The fourth-order valence-electron chi connectivity index (χ4n) is 8.83. The predicted molar refractivity (Wildman–Crippen MR) is 127 cm³/mol. The van der Waals surface area contributed by atoms with E-state index in [9.17, 15) is 0 Å². The standard InChI is InChI=1S/C29H48/c1-19(2)20(3)11-12-22(5)24-15-16-27-26-14-13-23-21(4)9-8-10-25(23)29(26,7)18-17-28(24,27)6/h13,19,21-22,24-27H,3,8-12,14-18H2,1-2,4-7H3/t21-,22?,24?,25?,26?,27?,28+,29-/m0/s1. The summed E-state index contributed by atoms with van der Waals surface area (Å²) in [5.41, 5.74) is 4.51. The predicted octanol–water partition coefficient (Wildman–Crippen LogP) is 8.83. The Bertz CT molecular complexity index is 653. The van der Waals surface area contributed by atoms with Gasteiger partial charge in [0.25, 0.3) is 0 Å². The Morgan fingerprint density at radius 2 is 1.76 bits per heavy atom. The molecule has 164 valence electrons. The molecule has 0 aromatic rings. The van der Waals surface area contributed by atoms with Crippen molar-refractivity contribution in [3.05, 3.63) is 23.8 Å². The Labute approximate surface area is 182 Å². The number of allylic oxidation sites excluding steroid dienone is 3. The maximum absolute atomic E-state index is 4.35. The van der Waals surface area contributed by atoms with E-state index in [1.54, 1.807) is 0 Å². The molecule has 3 saturated carbocycles. The van der Waals surface area contributed by atoms with Gasteiger partial charge in [-0.05, 0) is 110 Å². The number of rotatable bonds is 5. The third-order valence-electron chi connectivity index (χ3n) is 10.9. The van der Waals surface area contributed by atoms with Gasteiger partial charge >= 0.3 is 0 Å². The van der Waals surface area contributed by atoms with Gasteiger partial charge in [-0.3, -0.25) is 0 Å². The maximum Gasteiger partial charge on any atom is -0.0144 e. The van der Waals surface area contributed by atoms with Gasteiger partial charge in [-0.15, -0.1) is 0 Å². The summed E-state index contributed by atoms with van der Waals surface area (Å²) < 4.78 is 0. The summed E-state index contributed by atoms with van der Waals surface area (Å²) >= 11 is 0. The topological polar surface area (TPSA) is 0 Å². The summed E-state index contributed by atoms with van der Waals surface area (Å²) in [7, 11) is 0. The second-order valence-corrected chi connectivity index (χ2v) is 12.6. The van der Waals surface area contributed by atoms with E-state index < -0.39 is 0 Å². The van der Waals surface area contributed by atoms with Gasteiger partial charge in [-0.2, -0.15) is 0 Å². The highest BCUT2D eigenvalue weighted by Crippen LogP contribution is 2.69. The van der Waals surface area contributed by atoms with Crippen molar-refractivity contribution in [1.82, 2.24) is 0 Å². The summed E-state index contributed by atoms with van der Waals surface area (Å²) in [5, 5.41) is 0. The van der Waals surface area contributed by atoms with Crippen molar-refractivity contribution >= 4 is 0 Å². The minimum Gasteiger partial charge on any atom is -0.0996 e. The molecule has 0 aliphatic heterocycles. The van der Waals surface area contributed by atoms with Crippen LogP contribution in [0.2, 0.25) is 0 Å². The first kappa shape index (κ1) is 21.7. The van der Waals surface area contributed by atoms with Gasteiger partial charge in [0.05, 0.1) is 0 Å². The Morgan fingerprint density at radius 1 is 1.03 bits per heavy atom. The van der Waals surface area contributed by atoms with Crippen LogP contribution in [0.25, 0.3) is 0 Å². The first-order valence-electron chi connectivity index (χ1n) is 13.1. The smallest absolute Gasteiger partial charge is 0.0144 e. The van der Waals surface area contributed by atoms with Gasteiger partial charge in [-0.1, -0.05) is 71.8 Å². The molecule has 0 bridgehead atoms. The van der Waals surface area contributed by atoms with E-state index in [1.165, 1.54) is 69.8 Å². The number of hydrogen-bond donors (Lipinski definition) is 0. The first-order chi connectivity index (χ1) is 13.7. The van der Waals surface area contributed by atoms with Crippen LogP contribution in [0.4, 0.5) is 0 Å². The lowest BCUT2D eigenvalue weighted by Crippen LogP contribution is -2.52. The van der Waals surface area contributed by atoms with E-state index >= 15 is 0 Å². The Kier molecular flexibility index (Phi) is 5.89. The zero-order chi connectivity index (χ0) is 21.0. The highest BCUT2D eigenvalue weighted by Gasteiger charge is 2.60. The summed E-state index contributed by atoms with van der Waals surface area (Å²) in [6.07, 6.45) is 17.1. The molecule has 5 unspecified atom stereocenters. The van der Waals surface area contributed by atoms with Crippen LogP contribution in [0.15, 0.2) is 23.8 Å². The molecule has 8 atom stereocenters. The van der Waals surface area contributed by atoms with Crippen LogP contribution in [0.5, 0.6) is 0 Å². The molecule has 4 aliphatic rings. The third kappa shape index (κ3) is 3.49. The number of hydrogen-bond acceptors (Lipinski definition) is 0. The van der Waals surface area contributed by atoms with Crippen LogP contribution >= 0.6 is 0 Å². The van der Waals surface area contributed by atoms with Crippen LogP contribution in [0.1, 0.15) is 106 Å². The van der Waals surface area contributed by atoms with Crippen molar-refractivity contribution in [2.75, 3.05) is 0 Å². The van der Waals surface area contributed by atoms with Crippen molar-refractivity contribution in [2.24, 2.45) is 52.3 Å². The quantitative estimate of drug-likeness (QED) is 0.407. The van der Waals surface area contributed by atoms with E-state index in [4.69, 9.17) is 0 Å². The van der Waals surface area contributed by atoms with E-state index in [0.29, 0.717) is 16.7 Å². The van der Waals surface area contributed by atoms with Crippen molar-refractivity contribution < 1.29 is 0 Å². The molecule has 3 fully saturated rings. The third-order valence-corrected chi connectivity index (χ3v) is 10.9. The lowest BCUT2D eigenvalue weighted by molar-refractivity contribution is -0.0810. The molecule has 0 spiro atoms. The highest BCUT2D eigenvalue weighted by atomic mass is 14.6. The average molecular weight is 397 g/mol. The molecule has 0 heteroatoms. The second kappa shape index (κ2) is 7.87. The van der Waals surface area contributed by atoms with Gasteiger partial charge in [0.1, 0.15) is 0 Å². The molecule has 0 N–H and O–H groups in total. The monoisotopic (exact) mass is 396 g/mol. The maximum atomic E-state index is 4.35. The van der Waals surface area contributed by atoms with Gasteiger partial charge in [0.2, 0.25) is 0 Å². The molecule has 0 radical (unpaired) electrons. The molecule has 4 aliphatic carbocycles. The average Bonchev–Trinajstić information content (AvgIpc) is 3.03. The van der Waals surface area contributed by atoms with Gasteiger partial charge in [-0.25, -0.2) is 0 Å². The minimum atomic E-state index is 0.590. The summed E-state index contributed by atoms with van der Waals surface area (Å²) in [4.78, 5) is 0. The first-order valence-corrected chi connectivity index (χ1v) is 13.1. The van der Waals surface area contributed by atoms with E-state index in [2.05, 4.69) is 54.2 Å². The van der Waals surface area contributed by atoms with Crippen LogP contribution in [-0.4, -0.2) is 0 Å². The van der Waals surface area contributed by atoms with Crippen molar-refractivity contribution in [3.8, 4) is 0 Å². The Balaban J connectivity index is 1.52. The highest BCUT2D eigenvalue weighted by molar-refractivity contribution is 5.24. The lowest BCUT2D eigenvalue weighted by atomic mass is 9.44. The largest absolute Gasteiger partial charge is 0.0996 e. The van der Waals surface area contributed by atoms with Crippen molar-refractivity contribution in [1.29, 1.82) is 0 Å². The fourth-order valence-corrected chi connectivity index (χ4v) is 8.83. The Morgan fingerprint density at radius 3 is 2.48 bits per heavy atom. The number of fused-ring (bicyclic) bond motifs is 5. The molecule has 0 saturated heterocycles. The summed E-state index contributed by atoms with van der Waals surface area (Å²) in [6, 6.07) is 0. The molecule has 0 aromatic heterocycles. The van der Waals surface area contributed by atoms with Crippen LogP contribution < -0.4 is 0 Å². The van der Waals surface area contributed by atoms with E-state index in [-0.39, 0.29) is 0 Å². The normalized spacial score (nSPS) is 45.2. The molecular formula is C29H48. The molecule has 29 heavy (non-hydrogen) atoms. The lowest BCUT2D eigenvalue weighted by Gasteiger charge is -2.60.